The molecule has 8 heteroatoms. The van der Waals surface area contributed by atoms with Crippen LogP contribution in [-0.2, 0) is 4.79 Å². The number of ether oxygens (including phenoxy) is 1. The summed E-state index contributed by atoms with van der Waals surface area (Å²) in [7, 11) is 0. The molecule has 1 saturated carbocycles. The first-order valence-corrected chi connectivity index (χ1v) is 13.7. The summed E-state index contributed by atoms with van der Waals surface area (Å²) in [4.78, 5) is 33.1. The lowest BCUT2D eigenvalue weighted by Gasteiger charge is -2.26. The molecule has 0 unspecified atom stereocenters. The predicted octanol–water partition coefficient (Wildman–Crippen LogP) is 7.14. The number of carboxylic acids is 1. The number of aliphatic carboxylic acids is 1. The van der Waals surface area contributed by atoms with Gasteiger partial charge in [0.15, 0.2) is 5.76 Å². The van der Waals surface area contributed by atoms with Crippen LogP contribution in [0.3, 0.4) is 0 Å². The van der Waals surface area contributed by atoms with Crippen molar-refractivity contribution < 1.29 is 23.8 Å². The lowest BCUT2D eigenvalue weighted by molar-refractivity contribution is -0.143. The number of benzene rings is 2. The number of pyridine rings is 2. The zero-order chi connectivity index (χ0) is 28.3. The summed E-state index contributed by atoms with van der Waals surface area (Å²) < 4.78 is 11.9. The molecule has 3 heterocycles. The summed E-state index contributed by atoms with van der Waals surface area (Å²) in [5.74, 6) is -0.569. The SMILES string of the molecule is Cc1c(C(=O)Nc2ccc(-c3ccc(OC4CCC(C(=O)O)CC4)nc3)nc2)oc2ccc(-c3ccccc3)cc12. The molecule has 6 rings (SSSR count). The van der Waals surface area contributed by atoms with Crippen LogP contribution in [0, 0.1) is 12.8 Å². The molecule has 206 valence electrons. The van der Waals surface area contributed by atoms with Crippen molar-refractivity contribution in [3.63, 3.8) is 0 Å². The number of anilines is 1. The number of fused-ring (bicyclic) bond motifs is 1. The van der Waals surface area contributed by atoms with Gasteiger partial charge in [0.1, 0.15) is 11.7 Å². The van der Waals surface area contributed by atoms with Gasteiger partial charge in [-0.05, 0) is 74.1 Å². The molecule has 1 amide bonds. The second kappa shape index (κ2) is 11.3. The number of nitrogens with one attached hydrogen (secondary N) is 1. The summed E-state index contributed by atoms with van der Waals surface area (Å²) in [5, 5.41) is 12.9. The molecule has 1 aliphatic rings. The highest BCUT2D eigenvalue weighted by atomic mass is 16.5. The van der Waals surface area contributed by atoms with Crippen molar-refractivity contribution in [3.8, 4) is 28.3 Å². The van der Waals surface area contributed by atoms with Crippen LogP contribution in [-0.4, -0.2) is 33.1 Å². The van der Waals surface area contributed by atoms with Crippen LogP contribution in [0.2, 0.25) is 0 Å². The quantitative estimate of drug-likeness (QED) is 0.223. The van der Waals surface area contributed by atoms with Crippen LogP contribution in [0.4, 0.5) is 5.69 Å². The van der Waals surface area contributed by atoms with E-state index >= 15 is 0 Å². The Hall–Kier alpha value is -4.98. The largest absolute Gasteiger partial charge is 0.481 e. The van der Waals surface area contributed by atoms with E-state index in [4.69, 9.17) is 14.3 Å². The van der Waals surface area contributed by atoms with Gasteiger partial charge < -0.3 is 19.6 Å². The number of aromatic nitrogens is 2. The van der Waals surface area contributed by atoms with Crippen molar-refractivity contribution in [3.05, 3.63) is 96.5 Å². The van der Waals surface area contributed by atoms with E-state index < -0.39 is 5.97 Å². The molecule has 1 aliphatic carbocycles. The Kier molecular flexibility index (Phi) is 7.20. The average Bonchev–Trinajstić information content (AvgIpc) is 3.34. The molecule has 0 radical (unpaired) electrons. The van der Waals surface area contributed by atoms with Gasteiger partial charge in [0.2, 0.25) is 5.88 Å². The number of carboxylic acid groups (broad SMARTS) is 1. The number of amides is 1. The number of furan rings is 1. The van der Waals surface area contributed by atoms with E-state index in [9.17, 15) is 9.59 Å². The summed E-state index contributed by atoms with van der Waals surface area (Å²) in [6.07, 6.45) is 5.93. The maximum Gasteiger partial charge on any atom is 0.306 e. The van der Waals surface area contributed by atoms with E-state index in [0.29, 0.717) is 48.5 Å². The Morgan fingerprint density at radius 2 is 1.66 bits per heavy atom. The highest BCUT2D eigenvalue weighted by Crippen LogP contribution is 2.31. The molecule has 5 aromatic rings. The fourth-order valence-corrected chi connectivity index (χ4v) is 5.27. The minimum Gasteiger partial charge on any atom is -0.481 e. The van der Waals surface area contributed by atoms with Crippen molar-refractivity contribution >= 4 is 28.5 Å². The molecule has 0 bridgehead atoms. The van der Waals surface area contributed by atoms with E-state index in [1.807, 2.05) is 55.5 Å². The number of hydrogen-bond donors (Lipinski definition) is 2. The number of nitrogens with zero attached hydrogens (tertiary/aromatic N) is 2. The standard InChI is InChI=1S/C33H29N3O5/c1-20-27-17-23(21-5-3-2-4-6-21)9-15-29(27)41-31(20)32(37)36-25-11-14-28(34-19-25)24-10-16-30(35-18-24)40-26-12-7-22(8-13-26)33(38)39/h2-6,9-11,14-19,22,26H,7-8,12-13H2,1H3,(H,36,37)(H,38,39). The smallest absolute Gasteiger partial charge is 0.306 e. The van der Waals surface area contributed by atoms with Gasteiger partial charge in [-0.3, -0.25) is 14.6 Å². The van der Waals surface area contributed by atoms with Gasteiger partial charge >= 0.3 is 5.97 Å². The lowest BCUT2D eigenvalue weighted by atomic mass is 9.87. The first-order chi connectivity index (χ1) is 19.9. The number of hydrogen-bond acceptors (Lipinski definition) is 6. The number of carbonyl (C=O) groups excluding carboxylic acids is 1. The van der Waals surface area contributed by atoms with Crippen molar-refractivity contribution in [2.45, 2.75) is 38.7 Å². The minimum atomic E-state index is -0.730. The summed E-state index contributed by atoms with van der Waals surface area (Å²) in [6, 6.07) is 23.3. The maximum absolute atomic E-state index is 13.1. The molecular weight excluding hydrogens is 518 g/mol. The number of rotatable bonds is 7. The summed E-state index contributed by atoms with van der Waals surface area (Å²) in [5.41, 5.74) is 5.67. The molecule has 0 aliphatic heterocycles. The molecule has 1 fully saturated rings. The first-order valence-electron chi connectivity index (χ1n) is 13.7. The second-order valence-corrected chi connectivity index (χ2v) is 10.3. The van der Waals surface area contributed by atoms with Gasteiger partial charge in [-0.2, -0.15) is 0 Å². The third kappa shape index (κ3) is 5.68. The fraction of sp³-hybridized carbons (Fsp3) is 0.212. The lowest BCUT2D eigenvalue weighted by Crippen LogP contribution is -2.28. The summed E-state index contributed by atoms with van der Waals surface area (Å²) >= 11 is 0. The number of aryl methyl sites for hydroxylation is 1. The van der Waals surface area contributed by atoms with Crippen LogP contribution in [0.15, 0.2) is 89.6 Å². The van der Waals surface area contributed by atoms with E-state index in [-0.39, 0.29) is 23.7 Å². The molecule has 2 aromatic carbocycles. The third-order valence-corrected chi connectivity index (χ3v) is 7.61. The van der Waals surface area contributed by atoms with Gasteiger partial charge in [-0.1, -0.05) is 36.4 Å². The normalized spacial score (nSPS) is 16.8. The molecule has 41 heavy (non-hydrogen) atoms. The van der Waals surface area contributed by atoms with Gasteiger partial charge in [-0.15, -0.1) is 0 Å². The molecule has 0 atom stereocenters. The average molecular weight is 548 g/mol. The second-order valence-electron chi connectivity index (χ2n) is 10.3. The topological polar surface area (TPSA) is 115 Å². The van der Waals surface area contributed by atoms with Crippen LogP contribution in [0.5, 0.6) is 5.88 Å². The van der Waals surface area contributed by atoms with Crippen molar-refractivity contribution in [2.24, 2.45) is 5.92 Å². The van der Waals surface area contributed by atoms with Gasteiger partial charge in [0.05, 0.1) is 23.5 Å². The molecular formula is C33H29N3O5. The third-order valence-electron chi connectivity index (χ3n) is 7.61. The highest BCUT2D eigenvalue weighted by molar-refractivity contribution is 6.06. The molecule has 0 spiro atoms. The summed E-state index contributed by atoms with van der Waals surface area (Å²) in [6.45, 7) is 1.89. The predicted molar refractivity (Wildman–Crippen MR) is 156 cm³/mol. The molecule has 3 aromatic heterocycles. The monoisotopic (exact) mass is 547 g/mol. The zero-order valence-corrected chi connectivity index (χ0v) is 22.5. The Bertz CT molecular complexity index is 1690. The Labute approximate surface area is 237 Å². The Morgan fingerprint density at radius 3 is 2.34 bits per heavy atom. The van der Waals surface area contributed by atoms with E-state index in [1.54, 1.807) is 24.5 Å². The fourth-order valence-electron chi connectivity index (χ4n) is 5.27. The van der Waals surface area contributed by atoms with Crippen LogP contribution in [0.25, 0.3) is 33.4 Å². The van der Waals surface area contributed by atoms with Crippen molar-refractivity contribution in [2.75, 3.05) is 5.32 Å². The van der Waals surface area contributed by atoms with Crippen molar-refractivity contribution in [1.29, 1.82) is 0 Å². The van der Waals surface area contributed by atoms with Gasteiger partial charge in [0.25, 0.3) is 5.91 Å². The number of carbonyl (C=O) groups is 2. The Morgan fingerprint density at radius 1 is 0.878 bits per heavy atom. The van der Waals surface area contributed by atoms with E-state index in [1.165, 1.54) is 0 Å². The van der Waals surface area contributed by atoms with Gasteiger partial charge in [-0.25, -0.2) is 4.98 Å². The first kappa shape index (κ1) is 26.3. The molecule has 0 saturated heterocycles. The minimum absolute atomic E-state index is 0.0220. The van der Waals surface area contributed by atoms with E-state index in [2.05, 4.69) is 27.4 Å². The molecule has 2 N–H and O–H groups in total. The van der Waals surface area contributed by atoms with Crippen LogP contribution < -0.4 is 10.1 Å². The van der Waals surface area contributed by atoms with Crippen LogP contribution >= 0.6 is 0 Å². The molecule has 8 nitrogen and oxygen atoms in total. The van der Waals surface area contributed by atoms with Crippen LogP contribution in [0.1, 0.15) is 41.8 Å². The zero-order valence-electron chi connectivity index (χ0n) is 22.5. The van der Waals surface area contributed by atoms with Crippen molar-refractivity contribution in [1.82, 2.24) is 9.97 Å². The van der Waals surface area contributed by atoms with Gasteiger partial charge in [0, 0.05) is 28.8 Å². The highest BCUT2D eigenvalue weighted by Gasteiger charge is 2.27. The maximum atomic E-state index is 13.1. The van der Waals surface area contributed by atoms with E-state index in [0.717, 1.165) is 27.6 Å². The Balaban J connectivity index is 1.10.